The van der Waals surface area contributed by atoms with Crippen molar-refractivity contribution in [3.8, 4) is 11.1 Å². The minimum absolute atomic E-state index is 0.0543. The molecule has 35 heavy (non-hydrogen) atoms. The van der Waals surface area contributed by atoms with Crippen LogP contribution < -0.4 is 10.6 Å². The van der Waals surface area contributed by atoms with E-state index in [-0.39, 0.29) is 18.1 Å². The normalized spacial score (nSPS) is 13.8. The first-order valence-electron chi connectivity index (χ1n) is 10.8. The van der Waals surface area contributed by atoms with Crippen LogP contribution in [-0.4, -0.2) is 46.9 Å². The first kappa shape index (κ1) is 24.7. The van der Waals surface area contributed by atoms with Gasteiger partial charge in [-0.3, -0.25) is 10.1 Å². The van der Waals surface area contributed by atoms with Gasteiger partial charge in [0.05, 0.1) is 12.2 Å². The van der Waals surface area contributed by atoms with Gasteiger partial charge in [0, 0.05) is 15.1 Å². The number of carbonyl (C=O) groups is 3. The Morgan fingerprint density at radius 1 is 1.00 bits per heavy atom. The molecule has 1 unspecified atom stereocenters. The number of fused-ring (bicyclic) bond motifs is 3. The number of benzene rings is 3. The number of carbonyl (C=O) groups excluding carboxylic acids is 2. The van der Waals surface area contributed by atoms with E-state index in [4.69, 9.17) is 9.84 Å². The van der Waals surface area contributed by atoms with Gasteiger partial charge in [-0.05, 0) is 70.0 Å². The van der Waals surface area contributed by atoms with Gasteiger partial charge in [-0.25, -0.2) is 9.59 Å². The van der Waals surface area contributed by atoms with Crippen molar-refractivity contribution in [2.45, 2.75) is 18.4 Å². The first-order valence-corrected chi connectivity index (χ1v) is 11.9. The molecule has 0 aromatic heterocycles. The molecule has 0 fully saturated rings. The minimum Gasteiger partial charge on any atom is -0.479 e. The molecule has 9 heteroatoms. The Labute approximate surface area is 215 Å². The Balaban J connectivity index is 1.38. The molecule has 180 valence electrons. The van der Waals surface area contributed by atoms with E-state index in [0.717, 1.165) is 29.2 Å². The van der Waals surface area contributed by atoms with Crippen molar-refractivity contribution in [3.05, 3.63) is 87.0 Å². The van der Waals surface area contributed by atoms with Crippen LogP contribution in [0.4, 0.5) is 10.5 Å². The molecule has 0 saturated carbocycles. The maximum absolute atomic E-state index is 12.5. The van der Waals surface area contributed by atoms with Crippen molar-refractivity contribution in [2.75, 3.05) is 18.5 Å². The molecule has 3 aromatic rings. The second-order valence-electron chi connectivity index (χ2n) is 8.41. The van der Waals surface area contributed by atoms with Crippen LogP contribution in [0.1, 0.15) is 34.3 Å². The summed E-state index contributed by atoms with van der Waals surface area (Å²) in [5.74, 6) is -2.03. The molecule has 0 aliphatic heterocycles. The van der Waals surface area contributed by atoms with Crippen molar-refractivity contribution in [3.63, 3.8) is 0 Å². The van der Waals surface area contributed by atoms with Crippen LogP contribution >= 0.6 is 22.6 Å². The summed E-state index contributed by atoms with van der Waals surface area (Å²) in [4.78, 5) is 35.8. The number of ether oxygens (including phenoxy) is 1. The smallest absolute Gasteiger partial charge is 0.411 e. The summed E-state index contributed by atoms with van der Waals surface area (Å²) in [6, 6.07) is 20.8. The highest BCUT2D eigenvalue weighted by Gasteiger charge is 2.31. The predicted octanol–water partition coefficient (Wildman–Crippen LogP) is 4.22. The second-order valence-corrected chi connectivity index (χ2v) is 9.57. The number of hydrogen-bond acceptors (Lipinski definition) is 5. The number of aliphatic carboxylic acids is 1. The molecule has 8 nitrogen and oxygen atoms in total. The number of rotatable bonds is 7. The fourth-order valence-electron chi connectivity index (χ4n) is 3.93. The number of carboxylic acid groups (broad SMARTS) is 1. The molecule has 0 spiro atoms. The summed E-state index contributed by atoms with van der Waals surface area (Å²) in [6.45, 7) is 0.832. The van der Waals surface area contributed by atoms with E-state index in [1.165, 1.54) is 6.07 Å². The largest absolute Gasteiger partial charge is 0.479 e. The Morgan fingerprint density at radius 3 is 2.17 bits per heavy atom. The lowest BCUT2D eigenvalue weighted by molar-refractivity contribution is -0.155. The van der Waals surface area contributed by atoms with Crippen molar-refractivity contribution in [1.29, 1.82) is 0 Å². The Morgan fingerprint density at radius 2 is 1.60 bits per heavy atom. The molecular formula is C26H23IN2O6. The number of hydrogen-bond donors (Lipinski definition) is 4. The molecule has 2 amide bonds. The van der Waals surface area contributed by atoms with E-state index in [1.807, 2.05) is 59.0 Å². The van der Waals surface area contributed by atoms with E-state index in [1.54, 1.807) is 12.1 Å². The molecule has 4 N–H and O–H groups in total. The third-order valence-corrected chi connectivity index (χ3v) is 6.76. The van der Waals surface area contributed by atoms with Gasteiger partial charge in [0.1, 0.15) is 6.61 Å². The van der Waals surface area contributed by atoms with Gasteiger partial charge < -0.3 is 20.3 Å². The van der Waals surface area contributed by atoms with Crippen molar-refractivity contribution in [2.24, 2.45) is 0 Å². The van der Waals surface area contributed by atoms with Crippen LogP contribution in [-0.2, 0) is 9.53 Å². The summed E-state index contributed by atoms with van der Waals surface area (Å²) in [5.41, 5.74) is 3.18. The van der Waals surface area contributed by atoms with Crippen molar-refractivity contribution in [1.82, 2.24) is 5.32 Å². The van der Waals surface area contributed by atoms with Crippen LogP contribution in [0.2, 0.25) is 0 Å². The lowest BCUT2D eigenvalue weighted by Gasteiger charge is -2.18. The first-order chi connectivity index (χ1) is 16.7. The van der Waals surface area contributed by atoms with Gasteiger partial charge in [0.25, 0.3) is 5.91 Å². The quantitative estimate of drug-likeness (QED) is 0.308. The van der Waals surface area contributed by atoms with Crippen molar-refractivity contribution < 1.29 is 29.3 Å². The maximum Gasteiger partial charge on any atom is 0.411 e. The zero-order valence-electron chi connectivity index (χ0n) is 18.7. The third-order valence-electron chi connectivity index (χ3n) is 5.87. The van der Waals surface area contributed by atoms with Gasteiger partial charge in [-0.1, -0.05) is 48.5 Å². The number of halogens is 1. The zero-order valence-corrected chi connectivity index (χ0v) is 20.9. The van der Waals surface area contributed by atoms with E-state index in [2.05, 4.69) is 22.8 Å². The van der Waals surface area contributed by atoms with Crippen LogP contribution in [0.5, 0.6) is 0 Å². The SMILES string of the molecule is CC(O)(CNC(=O)c1ccc(NC(=O)OCC2c3ccccc3-c3ccccc32)c(I)c1)C(=O)O. The lowest BCUT2D eigenvalue weighted by Crippen LogP contribution is -2.46. The molecule has 1 aliphatic carbocycles. The van der Waals surface area contributed by atoms with E-state index >= 15 is 0 Å². The van der Waals surface area contributed by atoms with Crippen LogP contribution in [0.3, 0.4) is 0 Å². The molecule has 1 atom stereocenters. The van der Waals surface area contributed by atoms with Gasteiger partial charge >= 0.3 is 12.1 Å². The highest BCUT2D eigenvalue weighted by Crippen LogP contribution is 2.44. The highest BCUT2D eigenvalue weighted by molar-refractivity contribution is 14.1. The second kappa shape index (κ2) is 10.0. The summed E-state index contributed by atoms with van der Waals surface area (Å²) in [6.07, 6.45) is -0.612. The predicted molar refractivity (Wildman–Crippen MR) is 138 cm³/mol. The summed E-state index contributed by atoms with van der Waals surface area (Å²) < 4.78 is 6.15. The van der Waals surface area contributed by atoms with E-state index in [0.29, 0.717) is 9.26 Å². The van der Waals surface area contributed by atoms with Crippen LogP contribution in [0.25, 0.3) is 11.1 Å². The number of anilines is 1. The average Bonchev–Trinajstić information content (AvgIpc) is 3.16. The van der Waals surface area contributed by atoms with Gasteiger partial charge in [-0.15, -0.1) is 0 Å². The molecule has 0 saturated heterocycles. The fraction of sp³-hybridized carbons (Fsp3) is 0.192. The minimum atomic E-state index is -2.07. The lowest BCUT2D eigenvalue weighted by atomic mass is 9.98. The summed E-state index contributed by atoms with van der Waals surface area (Å²) in [5, 5.41) is 23.8. The molecule has 1 aliphatic rings. The van der Waals surface area contributed by atoms with Crippen molar-refractivity contribution >= 4 is 46.2 Å². The molecule has 3 aromatic carbocycles. The number of aliphatic hydroxyl groups is 1. The maximum atomic E-state index is 12.5. The van der Waals surface area contributed by atoms with E-state index in [9.17, 15) is 19.5 Å². The molecule has 0 heterocycles. The Hall–Kier alpha value is -3.44. The Bertz CT molecular complexity index is 1260. The summed E-state index contributed by atoms with van der Waals surface area (Å²) in [7, 11) is 0. The van der Waals surface area contributed by atoms with Gasteiger partial charge in [0.15, 0.2) is 5.60 Å². The summed E-state index contributed by atoms with van der Waals surface area (Å²) >= 11 is 1.98. The number of carboxylic acids is 1. The third kappa shape index (κ3) is 5.30. The molecule has 0 bridgehead atoms. The average molecular weight is 586 g/mol. The standard InChI is InChI=1S/C26H23IN2O6/c1-26(34,24(31)32)14-28-23(30)15-10-11-22(21(27)12-15)29-25(33)35-13-20-18-8-4-2-6-16(18)17-7-3-5-9-19(17)20/h2-12,20,34H,13-14H2,1H3,(H,28,30)(H,29,33)(H,31,32). The zero-order chi connectivity index (χ0) is 25.2. The molecule has 0 radical (unpaired) electrons. The number of amides is 2. The Kier molecular flexibility index (Phi) is 7.08. The fourth-order valence-corrected chi connectivity index (χ4v) is 4.58. The number of nitrogens with one attached hydrogen (secondary N) is 2. The van der Waals surface area contributed by atoms with Crippen LogP contribution in [0.15, 0.2) is 66.7 Å². The molecular weight excluding hydrogens is 563 g/mol. The van der Waals surface area contributed by atoms with Gasteiger partial charge in [0.2, 0.25) is 0 Å². The monoisotopic (exact) mass is 586 g/mol. The van der Waals surface area contributed by atoms with E-state index < -0.39 is 30.1 Å². The van der Waals surface area contributed by atoms with Crippen LogP contribution in [0, 0.1) is 3.57 Å². The highest BCUT2D eigenvalue weighted by atomic mass is 127. The molecule has 4 rings (SSSR count). The van der Waals surface area contributed by atoms with Gasteiger partial charge in [-0.2, -0.15) is 0 Å². The topological polar surface area (TPSA) is 125 Å².